The molecule has 0 spiro atoms. The predicted molar refractivity (Wildman–Crippen MR) is 170 cm³/mol. The van der Waals surface area contributed by atoms with Crippen molar-refractivity contribution < 1.29 is 4.39 Å². The second-order valence-corrected chi connectivity index (χ2v) is 11.2. The number of nitrogens with zero attached hydrogens (tertiary/aromatic N) is 2. The van der Waals surface area contributed by atoms with Gasteiger partial charge in [0.2, 0.25) is 0 Å². The quantitative estimate of drug-likeness (QED) is 0.215. The summed E-state index contributed by atoms with van der Waals surface area (Å²) in [7, 11) is 0. The topological polar surface area (TPSA) is 17.8 Å². The Hall–Kier alpha value is -5.06. The van der Waals surface area contributed by atoms with Crippen LogP contribution in [-0.4, -0.2) is 9.55 Å². The van der Waals surface area contributed by atoms with E-state index in [1.165, 1.54) is 21.5 Å². The van der Waals surface area contributed by atoms with Crippen LogP contribution in [0.3, 0.4) is 0 Å². The van der Waals surface area contributed by atoms with Crippen molar-refractivity contribution in [3.63, 3.8) is 0 Å². The first-order valence-corrected chi connectivity index (χ1v) is 14.4. The van der Waals surface area contributed by atoms with Crippen LogP contribution < -0.4 is 0 Å². The van der Waals surface area contributed by atoms with Gasteiger partial charge in [-0.2, -0.15) is 0 Å². The van der Waals surface area contributed by atoms with Gasteiger partial charge in [0.25, 0.3) is 0 Å². The van der Waals surface area contributed by atoms with E-state index in [0.717, 1.165) is 44.0 Å². The summed E-state index contributed by atoms with van der Waals surface area (Å²) in [5.74, 6) is 0.429. The molecule has 0 radical (unpaired) electrons. The Morgan fingerprint density at radius 2 is 1.27 bits per heavy atom. The molecule has 2 heterocycles. The van der Waals surface area contributed by atoms with Crippen LogP contribution in [0.15, 0.2) is 140 Å². The van der Waals surface area contributed by atoms with Crippen molar-refractivity contribution in [2.45, 2.75) is 0 Å². The summed E-state index contributed by atoms with van der Waals surface area (Å²) in [6.45, 7) is 0. The molecule has 0 aliphatic carbocycles. The molecule has 6 aromatic carbocycles. The predicted octanol–water partition coefficient (Wildman–Crippen LogP) is 10.5. The average molecular weight is 547 g/mol. The zero-order valence-electron chi connectivity index (χ0n) is 22.0. The molecule has 0 N–H and O–H groups in total. The molecule has 0 unspecified atom stereocenters. The third-order valence-corrected chi connectivity index (χ3v) is 8.92. The summed E-state index contributed by atoms with van der Waals surface area (Å²) in [6, 6.07) is 47.0. The van der Waals surface area contributed by atoms with Crippen molar-refractivity contribution in [2.75, 3.05) is 0 Å². The minimum Gasteiger partial charge on any atom is -0.289 e. The number of rotatable bonds is 4. The minimum atomic E-state index is -0.297. The van der Waals surface area contributed by atoms with Crippen LogP contribution in [-0.2, 0) is 0 Å². The van der Waals surface area contributed by atoms with E-state index in [1.807, 2.05) is 47.0 Å². The highest BCUT2D eigenvalue weighted by atomic mass is 32.1. The monoisotopic (exact) mass is 546 g/mol. The fourth-order valence-corrected chi connectivity index (χ4v) is 7.02. The average Bonchev–Trinajstić information content (AvgIpc) is 3.61. The van der Waals surface area contributed by atoms with Gasteiger partial charge in [-0.3, -0.25) is 4.57 Å². The Kier molecular flexibility index (Phi) is 5.54. The zero-order valence-corrected chi connectivity index (χ0v) is 22.8. The number of hydrogen-bond donors (Lipinski definition) is 0. The van der Waals surface area contributed by atoms with Crippen molar-refractivity contribution in [1.82, 2.24) is 9.55 Å². The molecule has 0 aliphatic rings. The smallest absolute Gasteiger partial charge is 0.149 e. The molecule has 4 heteroatoms. The van der Waals surface area contributed by atoms with E-state index in [-0.39, 0.29) is 5.82 Å². The Morgan fingerprint density at radius 1 is 0.561 bits per heavy atom. The van der Waals surface area contributed by atoms with Gasteiger partial charge in [-0.25, -0.2) is 9.37 Å². The Labute approximate surface area is 240 Å². The summed E-state index contributed by atoms with van der Waals surface area (Å²) in [6.07, 6.45) is 0. The molecule has 2 aromatic heterocycles. The number of imidazole rings is 1. The van der Waals surface area contributed by atoms with E-state index >= 15 is 4.39 Å². The SMILES string of the molecule is Fc1cccc2nc(-c3cccc4c3sc3ccccc34)n(-c3cc(-c4ccccc4)ccc3-c3ccccc3)c12. The Morgan fingerprint density at radius 3 is 2.10 bits per heavy atom. The summed E-state index contributed by atoms with van der Waals surface area (Å²) < 4.78 is 20.2. The van der Waals surface area contributed by atoms with Crippen molar-refractivity contribution in [3.8, 4) is 39.3 Å². The summed E-state index contributed by atoms with van der Waals surface area (Å²) in [4.78, 5) is 5.11. The number of fused-ring (bicyclic) bond motifs is 4. The molecular weight excluding hydrogens is 523 g/mol. The first kappa shape index (κ1) is 23.8. The van der Waals surface area contributed by atoms with Crippen LogP contribution in [0.25, 0.3) is 70.5 Å². The lowest BCUT2D eigenvalue weighted by atomic mass is 9.97. The second kappa shape index (κ2) is 9.54. The standard InChI is InChI=1S/C37H23FN2S/c38-31-18-10-19-32-35(31)40(37(39-32)30-17-9-16-29-28-15-7-8-20-34(28)41-36(29)30)33-23-26(24-11-3-1-4-12-24)21-22-27(33)25-13-5-2-6-14-25/h1-23H. The fourth-order valence-electron chi connectivity index (χ4n) is 5.81. The number of halogens is 1. The number of hydrogen-bond acceptors (Lipinski definition) is 2. The molecule has 0 amide bonds. The lowest BCUT2D eigenvalue weighted by Crippen LogP contribution is -2.02. The molecule has 8 aromatic rings. The van der Waals surface area contributed by atoms with Crippen molar-refractivity contribution in [1.29, 1.82) is 0 Å². The van der Waals surface area contributed by atoms with E-state index < -0.39 is 0 Å². The zero-order chi connectivity index (χ0) is 27.3. The van der Waals surface area contributed by atoms with Crippen molar-refractivity contribution >= 4 is 42.5 Å². The fraction of sp³-hybridized carbons (Fsp3) is 0. The van der Waals surface area contributed by atoms with Gasteiger partial charge in [-0.15, -0.1) is 11.3 Å². The molecule has 0 fully saturated rings. The van der Waals surface area contributed by atoms with Gasteiger partial charge < -0.3 is 0 Å². The minimum absolute atomic E-state index is 0.297. The Balaban J connectivity index is 1.50. The van der Waals surface area contributed by atoms with Crippen LogP contribution in [0.2, 0.25) is 0 Å². The molecule has 2 nitrogen and oxygen atoms in total. The third-order valence-electron chi connectivity index (χ3n) is 7.70. The molecule has 0 saturated carbocycles. The van der Waals surface area contributed by atoms with Gasteiger partial charge in [0.1, 0.15) is 17.2 Å². The van der Waals surface area contributed by atoms with Crippen molar-refractivity contribution in [2.24, 2.45) is 0 Å². The summed E-state index contributed by atoms with van der Waals surface area (Å²) in [5.41, 5.74) is 7.21. The van der Waals surface area contributed by atoms with Gasteiger partial charge in [0.15, 0.2) is 0 Å². The third kappa shape index (κ3) is 3.87. The van der Waals surface area contributed by atoms with Crippen LogP contribution in [0.5, 0.6) is 0 Å². The van der Waals surface area contributed by atoms with E-state index in [9.17, 15) is 0 Å². The highest BCUT2D eigenvalue weighted by molar-refractivity contribution is 7.26. The largest absolute Gasteiger partial charge is 0.289 e. The highest BCUT2D eigenvalue weighted by Gasteiger charge is 2.23. The number of aromatic nitrogens is 2. The maximum Gasteiger partial charge on any atom is 0.149 e. The normalized spacial score (nSPS) is 11.5. The molecule has 0 saturated heterocycles. The second-order valence-electron chi connectivity index (χ2n) is 10.1. The molecule has 194 valence electrons. The van der Waals surface area contributed by atoms with Crippen LogP contribution in [0.1, 0.15) is 0 Å². The lowest BCUT2D eigenvalue weighted by Gasteiger charge is -2.17. The van der Waals surface area contributed by atoms with Gasteiger partial charge in [-0.05, 0) is 47.0 Å². The molecule has 41 heavy (non-hydrogen) atoms. The Bertz CT molecular complexity index is 2210. The molecule has 0 aliphatic heterocycles. The van der Waals surface area contributed by atoms with Crippen LogP contribution in [0.4, 0.5) is 4.39 Å². The van der Waals surface area contributed by atoms with Crippen molar-refractivity contribution in [3.05, 3.63) is 145 Å². The first-order chi connectivity index (χ1) is 20.3. The van der Waals surface area contributed by atoms with Gasteiger partial charge in [0.05, 0.1) is 11.2 Å². The highest BCUT2D eigenvalue weighted by Crippen LogP contribution is 2.43. The van der Waals surface area contributed by atoms with E-state index in [4.69, 9.17) is 4.98 Å². The summed E-state index contributed by atoms with van der Waals surface area (Å²) in [5, 5.41) is 2.41. The first-order valence-electron chi connectivity index (χ1n) is 13.6. The molecular formula is C37H23FN2S. The van der Waals surface area contributed by atoms with E-state index in [1.54, 1.807) is 17.4 Å². The van der Waals surface area contributed by atoms with Gasteiger partial charge >= 0.3 is 0 Å². The summed E-state index contributed by atoms with van der Waals surface area (Å²) >= 11 is 1.75. The van der Waals surface area contributed by atoms with Gasteiger partial charge in [0, 0.05) is 31.3 Å². The maximum absolute atomic E-state index is 15.8. The molecule has 0 atom stereocenters. The van der Waals surface area contributed by atoms with Gasteiger partial charge in [-0.1, -0.05) is 109 Å². The van der Waals surface area contributed by atoms with E-state index in [2.05, 4.69) is 84.9 Å². The molecule has 8 rings (SSSR count). The number of benzene rings is 6. The molecule has 0 bridgehead atoms. The van der Waals surface area contributed by atoms with Crippen LogP contribution >= 0.6 is 11.3 Å². The maximum atomic E-state index is 15.8. The number of para-hydroxylation sites is 1. The number of thiophene rings is 1. The van der Waals surface area contributed by atoms with Crippen LogP contribution in [0, 0.1) is 5.82 Å². The lowest BCUT2D eigenvalue weighted by molar-refractivity contribution is 0.635. The van der Waals surface area contributed by atoms with E-state index in [0.29, 0.717) is 11.0 Å².